The maximum Gasteiger partial charge on any atom is 0.147 e. The van der Waals surface area contributed by atoms with E-state index in [0.29, 0.717) is 33.9 Å². The van der Waals surface area contributed by atoms with Gasteiger partial charge in [0, 0.05) is 47.9 Å². The number of fused-ring (bicyclic) bond motifs is 2. The van der Waals surface area contributed by atoms with Gasteiger partial charge in [-0.15, -0.1) is 0 Å². The Balaban J connectivity index is 1.31. The molecule has 0 aliphatic carbocycles. The number of halogens is 1. The minimum absolute atomic E-state index is 0.159. The van der Waals surface area contributed by atoms with Crippen LogP contribution in [0.3, 0.4) is 0 Å². The number of H-pyrrole nitrogens is 2. The minimum Gasteiger partial charge on any atom is -0.508 e. The largest absolute Gasteiger partial charge is 0.508 e. The first-order valence-corrected chi connectivity index (χ1v) is 11.7. The summed E-state index contributed by atoms with van der Waals surface area (Å²) in [6, 6.07) is 11.6. The fraction of sp³-hybridized carbons (Fsp3) is 0.115. The number of nitrogens with zero attached hydrogens (tertiary/aromatic N) is 6. The fourth-order valence-corrected chi connectivity index (χ4v) is 4.68. The maximum atomic E-state index is 14.0. The molecule has 0 unspecified atom stereocenters. The molecule has 1 aromatic carbocycles. The number of rotatable bonds is 4. The van der Waals surface area contributed by atoms with Gasteiger partial charge in [0.2, 0.25) is 0 Å². The summed E-state index contributed by atoms with van der Waals surface area (Å²) < 4.78 is 14.0. The van der Waals surface area contributed by atoms with Crippen LogP contribution in [0.15, 0.2) is 61.1 Å². The van der Waals surface area contributed by atoms with Crippen LogP contribution in [0.2, 0.25) is 0 Å². The second-order valence-electron chi connectivity index (χ2n) is 9.09. The van der Waals surface area contributed by atoms with Gasteiger partial charge in [-0.25, -0.2) is 14.4 Å². The van der Waals surface area contributed by atoms with Crippen LogP contribution in [-0.4, -0.2) is 59.4 Å². The summed E-state index contributed by atoms with van der Waals surface area (Å²) >= 11 is 0. The molecule has 1 saturated heterocycles. The van der Waals surface area contributed by atoms with E-state index in [4.69, 9.17) is 15.7 Å². The Bertz CT molecular complexity index is 1790. The number of phenolic OH excluding ortho intramolecular Hbond substituents is 1. The highest BCUT2D eigenvalue weighted by Gasteiger charge is 2.25. The van der Waals surface area contributed by atoms with Crippen molar-refractivity contribution in [1.29, 1.82) is 0 Å². The van der Waals surface area contributed by atoms with E-state index in [1.807, 2.05) is 24.3 Å². The standard InChI is InChI=1S/C26H20FN9O/c27-14-5-13(6-16(37)7-14)24-17-8-21(31-18(17)3-4-30-24)26-25-20(34-35-26)2-1-19(33-25)22-9-29-10-23(32-22)36-11-15(28)12-36/h1-10,15,31,37H,11-12,28H2,(H,34,35). The Morgan fingerprint density at radius 1 is 0.973 bits per heavy atom. The Morgan fingerprint density at radius 3 is 2.70 bits per heavy atom. The van der Waals surface area contributed by atoms with Gasteiger partial charge in [-0.2, -0.15) is 5.10 Å². The molecule has 1 aliphatic heterocycles. The van der Waals surface area contributed by atoms with Crippen molar-refractivity contribution >= 4 is 27.8 Å². The number of aromatic amines is 2. The van der Waals surface area contributed by atoms with Crippen molar-refractivity contribution in [1.82, 2.24) is 35.1 Å². The molecule has 5 N–H and O–H groups in total. The van der Waals surface area contributed by atoms with Crippen LogP contribution in [0.25, 0.3) is 56.0 Å². The number of aromatic hydroxyl groups is 1. The predicted molar refractivity (Wildman–Crippen MR) is 137 cm³/mol. The molecule has 0 radical (unpaired) electrons. The molecule has 5 aromatic heterocycles. The average Bonchev–Trinajstić information content (AvgIpc) is 3.49. The van der Waals surface area contributed by atoms with Crippen molar-refractivity contribution in [3.05, 3.63) is 66.9 Å². The average molecular weight is 494 g/mol. The monoisotopic (exact) mass is 493 g/mol. The van der Waals surface area contributed by atoms with Gasteiger partial charge in [-0.05, 0) is 36.4 Å². The molecule has 0 saturated carbocycles. The van der Waals surface area contributed by atoms with Crippen LogP contribution in [0, 0.1) is 5.82 Å². The molecule has 37 heavy (non-hydrogen) atoms. The smallest absolute Gasteiger partial charge is 0.147 e. The first-order valence-electron chi connectivity index (χ1n) is 11.7. The van der Waals surface area contributed by atoms with Gasteiger partial charge in [0.05, 0.1) is 35.0 Å². The Hall–Kier alpha value is -4.90. The molecule has 0 spiro atoms. The summed E-state index contributed by atoms with van der Waals surface area (Å²) in [5.41, 5.74) is 11.8. The highest BCUT2D eigenvalue weighted by molar-refractivity contribution is 5.99. The molecule has 1 fully saturated rings. The van der Waals surface area contributed by atoms with Crippen molar-refractivity contribution in [3.63, 3.8) is 0 Å². The minimum atomic E-state index is -0.538. The van der Waals surface area contributed by atoms with E-state index >= 15 is 0 Å². The van der Waals surface area contributed by atoms with Crippen LogP contribution >= 0.6 is 0 Å². The van der Waals surface area contributed by atoms with E-state index in [-0.39, 0.29) is 11.8 Å². The number of benzene rings is 1. The normalized spacial score (nSPS) is 13.9. The second kappa shape index (κ2) is 8.07. The third-order valence-corrected chi connectivity index (χ3v) is 6.48. The molecule has 182 valence electrons. The van der Waals surface area contributed by atoms with Crippen molar-refractivity contribution < 1.29 is 9.50 Å². The number of hydrogen-bond donors (Lipinski definition) is 4. The van der Waals surface area contributed by atoms with Gasteiger partial charge in [0.15, 0.2) is 0 Å². The summed E-state index contributed by atoms with van der Waals surface area (Å²) in [5.74, 6) is 0.0694. The van der Waals surface area contributed by atoms with Crippen molar-refractivity contribution in [2.45, 2.75) is 6.04 Å². The Kier molecular flexibility index (Phi) is 4.66. The first-order chi connectivity index (χ1) is 18.0. The highest BCUT2D eigenvalue weighted by Crippen LogP contribution is 2.34. The van der Waals surface area contributed by atoms with Gasteiger partial charge in [0.25, 0.3) is 0 Å². The third-order valence-electron chi connectivity index (χ3n) is 6.48. The molecule has 7 rings (SSSR count). The second-order valence-corrected chi connectivity index (χ2v) is 9.09. The van der Waals surface area contributed by atoms with Gasteiger partial charge in [-0.3, -0.25) is 15.1 Å². The molecule has 6 heterocycles. The van der Waals surface area contributed by atoms with Crippen LogP contribution in [0.5, 0.6) is 5.75 Å². The van der Waals surface area contributed by atoms with Crippen molar-refractivity contribution in [2.75, 3.05) is 18.0 Å². The molecule has 10 nitrogen and oxygen atoms in total. The molecule has 0 atom stereocenters. The van der Waals surface area contributed by atoms with Crippen LogP contribution in [-0.2, 0) is 0 Å². The SMILES string of the molecule is NC1CN(c2cncc(-c3ccc4[nH]nc(-c5cc6c(-c7cc(O)cc(F)c7)nccc6[nH]5)c4n3)n2)C1. The zero-order valence-electron chi connectivity index (χ0n) is 19.4. The number of nitrogens with one attached hydrogen (secondary N) is 2. The first kappa shape index (κ1) is 21.4. The summed E-state index contributed by atoms with van der Waals surface area (Å²) in [4.78, 5) is 23.8. The number of nitrogens with two attached hydrogens (primary N) is 1. The lowest BCUT2D eigenvalue weighted by atomic mass is 10.1. The van der Waals surface area contributed by atoms with E-state index in [1.54, 1.807) is 18.6 Å². The van der Waals surface area contributed by atoms with Crippen LogP contribution in [0.1, 0.15) is 0 Å². The lowest BCUT2D eigenvalue weighted by Gasteiger charge is -2.37. The summed E-state index contributed by atoms with van der Waals surface area (Å²) in [5, 5.41) is 18.2. The van der Waals surface area contributed by atoms with Gasteiger partial charge in [-0.1, -0.05) is 0 Å². The Morgan fingerprint density at radius 2 is 1.86 bits per heavy atom. The summed E-state index contributed by atoms with van der Waals surface area (Å²) in [6.07, 6.45) is 5.05. The summed E-state index contributed by atoms with van der Waals surface area (Å²) in [7, 11) is 0. The molecular formula is C26H20FN9O. The van der Waals surface area contributed by atoms with E-state index in [2.05, 4.69) is 30.0 Å². The fourth-order valence-electron chi connectivity index (χ4n) is 4.68. The predicted octanol–water partition coefficient (Wildman–Crippen LogP) is 3.62. The molecule has 1 aliphatic rings. The van der Waals surface area contributed by atoms with Gasteiger partial charge < -0.3 is 20.7 Å². The van der Waals surface area contributed by atoms with E-state index < -0.39 is 5.82 Å². The lowest BCUT2D eigenvalue weighted by Crippen LogP contribution is -2.56. The Labute approximate surface area is 209 Å². The summed E-state index contributed by atoms with van der Waals surface area (Å²) in [6.45, 7) is 1.51. The van der Waals surface area contributed by atoms with Crippen molar-refractivity contribution in [2.24, 2.45) is 5.73 Å². The zero-order chi connectivity index (χ0) is 25.1. The van der Waals surface area contributed by atoms with Gasteiger partial charge in [0.1, 0.15) is 34.3 Å². The number of aromatic nitrogens is 7. The molecule has 11 heteroatoms. The molecule has 6 aromatic rings. The number of pyridine rings is 2. The number of phenols is 1. The topological polar surface area (TPSA) is 146 Å². The lowest BCUT2D eigenvalue weighted by molar-refractivity contribution is 0.469. The molecule has 0 amide bonds. The number of hydrogen-bond acceptors (Lipinski definition) is 8. The zero-order valence-corrected chi connectivity index (χ0v) is 19.4. The maximum absolute atomic E-state index is 14.0. The number of anilines is 1. The van der Waals surface area contributed by atoms with E-state index in [9.17, 15) is 9.50 Å². The van der Waals surface area contributed by atoms with Crippen molar-refractivity contribution in [3.8, 4) is 39.8 Å². The third kappa shape index (κ3) is 3.64. The highest BCUT2D eigenvalue weighted by atomic mass is 19.1. The quantitative estimate of drug-likeness (QED) is 0.291. The van der Waals surface area contributed by atoms with Crippen LogP contribution < -0.4 is 10.6 Å². The van der Waals surface area contributed by atoms with Crippen LogP contribution in [0.4, 0.5) is 10.2 Å². The molecular weight excluding hydrogens is 473 g/mol. The van der Waals surface area contributed by atoms with Gasteiger partial charge >= 0.3 is 0 Å². The van der Waals surface area contributed by atoms with E-state index in [0.717, 1.165) is 47.1 Å². The van der Waals surface area contributed by atoms with E-state index in [1.165, 1.54) is 12.1 Å². The molecule has 0 bridgehead atoms.